The van der Waals surface area contributed by atoms with Crippen molar-refractivity contribution < 1.29 is 9.59 Å². The first kappa shape index (κ1) is 9.74. The monoisotopic (exact) mass is 249 g/mol. The van der Waals surface area contributed by atoms with Crippen molar-refractivity contribution in [2.75, 3.05) is 5.73 Å². The summed E-state index contributed by atoms with van der Waals surface area (Å²) >= 11 is 2.68. The first-order valence-corrected chi connectivity index (χ1v) is 6.41. The molecule has 0 radical (unpaired) electrons. The van der Waals surface area contributed by atoms with Gasteiger partial charge in [0.2, 0.25) is 0 Å². The normalized spacial score (nSPS) is 13.8. The van der Waals surface area contributed by atoms with E-state index in [1.165, 1.54) is 22.7 Å². The van der Waals surface area contributed by atoms with E-state index < -0.39 is 0 Å². The maximum absolute atomic E-state index is 12.2. The molecule has 0 bridgehead atoms. The summed E-state index contributed by atoms with van der Waals surface area (Å²) in [6.07, 6.45) is 0. The first-order valence-electron chi connectivity index (χ1n) is 4.65. The lowest BCUT2D eigenvalue weighted by molar-refractivity contribution is 0.0981. The summed E-state index contributed by atoms with van der Waals surface area (Å²) in [6, 6.07) is 0. The van der Waals surface area contributed by atoms with Crippen LogP contribution in [0.15, 0.2) is 10.8 Å². The van der Waals surface area contributed by atoms with E-state index in [0.29, 0.717) is 27.3 Å². The summed E-state index contributed by atoms with van der Waals surface area (Å²) in [4.78, 5) is 25.1. The second-order valence-electron chi connectivity index (χ2n) is 3.63. The third-order valence-corrected chi connectivity index (χ3v) is 4.39. The van der Waals surface area contributed by atoms with E-state index in [4.69, 9.17) is 5.73 Å². The van der Waals surface area contributed by atoms with Gasteiger partial charge in [-0.1, -0.05) is 0 Å². The van der Waals surface area contributed by atoms with Crippen LogP contribution >= 0.6 is 22.7 Å². The number of carbonyl (C=O) groups is 2. The molecule has 80 valence electrons. The standard InChI is InChI=1S/C11H7NO2S2/c1-4-7-8(11(12)16-4)10(14)6-3-15-2-5(6)9(7)13/h2-3H,12H2,1H3. The highest BCUT2D eigenvalue weighted by atomic mass is 32.1. The molecular formula is C11H7NO2S2. The van der Waals surface area contributed by atoms with E-state index in [-0.39, 0.29) is 11.6 Å². The van der Waals surface area contributed by atoms with Gasteiger partial charge < -0.3 is 5.73 Å². The van der Waals surface area contributed by atoms with E-state index in [0.717, 1.165) is 4.88 Å². The van der Waals surface area contributed by atoms with Crippen molar-refractivity contribution in [2.45, 2.75) is 6.92 Å². The van der Waals surface area contributed by atoms with Crippen LogP contribution in [-0.2, 0) is 0 Å². The smallest absolute Gasteiger partial charge is 0.198 e. The lowest BCUT2D eigenvalue weighted by Crippen LogP contribution is -2.19. The molecule has 2 heterocycles. The van der Waals surface area contributed by atoms with Gasteiger partial charge in [-0.3, -0.25) is 9.59 Å². The van der Waals surface area contributed by atoms with Gasteiger partial charge in [0.25, 0.3) is 0 Å². The van der Waals surface area contributed by atoms with Crippen molar-refractivity contribution in [3.63, 3.8) is 0 Å². The van der Waals surface area contributed by atoms with Gasteiger partial charge in [0.15, 0.2) is 11.6 Å². The van der Waals surface area contributed by atoms with Crippen LogP contribution in [0.3, 0.4) is 0 Å². The highest BCUT2D eigenvalue weighted by molar-refractivity contribution is 7.17. The summed E-state index contributed by atoms with van der Waals surface area (Å²) in [7, 11) is 0. The Morgan fingerprint density at radius 2 is 1.62 bits per heavy atom. The average molecular weight is 249 g/mol. The Kier molecular flexibility index (Phi) is 1.84. The lowest BCUT2D eigenvalue weighted by Gasteiger charge is -2.11. The molecule has 0 saturated heterocycles. The van der Waals surface area contributed by atoms with Gasteiger partial charge in [-0.2, -0.15) is 11.3 Å². The molecule has 2 aromatic heterocycles. The van der Waals surface area contributed by atoms with Crippen LogP contribution in [-0.4, -0.2) is 11.6 Å². The van der Waals surface area contributed by atoms with Crippen molar-refractivity contribution in [1.29, 1.82) is 0 Å². The molecule has 1 aliphatic rings. The minimum absolute atomic E-state index is 0.0729. The third kappa shape index (κ3) is 1.02. The predicted octanol–water partition coefficient (Wildman–Crippen LogP) is 2.48. The van der Waals surface area contributed by atoms with E-state index in [2.05, 4.69) is 0 Å². The fraction of sp³-hybridized carbons (Fsp3) is 0.0909. The van der Waals surface area contributed by atoms with E-state index in [1.807, 2.05) is 6.92 Å². The zero-order valence-corrected chi connectivity index (χ0v) is 10.00. The average Bonchev–Trinajstić information content (AvgIpc) is 2.80. The minimum Gasteiger partial charge on any atom is -0.390 e. The number of thiophene rings is 2. The van der Waals surface area contributed by atoms with Crippen LogP contribution in [0.4, 0.5) is 5.00 Å². The Labute approximate surface area is 99.5 Å². The molecule has 3 rings (SSSR count). The number of fused-ring (bicyclic) bond motifs is 2. The number of carbonyl (C=O) groups excluding carboxylic acids is 2. The van der Waals surface area contributed by atoms with Gasteiger partial charge in [-0.15, -0.1) is 11.3 Å². The largest absolute Gasteiger partial charge is 0.390 e. The molecule has 0 spiro atoms. The summed E-state index contributed by atoms with van der Waals surface area (Å²) in [5.41, 5.74) is 7.70. The zero-order chi connectivity index (χ0) is 11.4. The summed E-state index contributed by atoms with van der Waals surface area (Å²) in [5.74, 6) is -0.191. The summed E-state index contributed by atoms with van der Waals surface area (Å²) in [5, 5.41) is 3.89. The molecule has 16 heavy (non-hydrogen) atoms. The van der Waals surface area contributed by atoms with Crippen molar-refractivity contribution in [2.24, 2.45) is 0 Å². The van der Waals surface area contributed by atoms with Crippen LogP contribution in [0.1, 0.15) is 36.7 Å². The van der Waals surface area contributed by atoms with Crippen molar-refractivity contribution >= 4 is 39.2 Å². The number of anilines is 1. The first-order chi connectivity index (χ1) is 7.61. The molecule has 3 nitrogen and oxygen atoms in total. The SMILES string of the molecule is Cc1sc(N)c2c1C(=O)c1cscc1C2=O. The number of nitrogens with two attached hydrogens (primary N) is 1. The molecule has 0 fully saturated rings. The van der Waals surface area contributed by atoms with Crippen LogP contribution in [0.25, 0.3) is 0 Å². The third-order valence-electron chi connectivity index (χ3n) is 2.72. The van der Waals surface area contributed by atoms with Crippen molar-refractivity contribution in [1.82, 2.24) is 0 Å². The molecule has 5 heteroatoms. The molecule has 0 aliphatic heterocycles. The Morgan fingerprint density at radius 3 is 2.25 bits per heavy atom. The Morgan fingerprint density at radius 1 is 1.06 bits per heavy atom. The predicted molar refractivity (Wildman–Crippen MR) is 64.7 cm³/mol. The Balaban J connectivity index is 2.40. The maximum Gasteiger partial charge on any atom is 0.198 e. The van der Waals surface area contributed by atoms with Gasteiger partial charge >= 0.3 is 0 Å². The van der Waals surface area contributed by atoms with E-state index >= 15 is 0 Å². The molecule has 2 aromatic rings. The van der Waals surface area contributed by atoms with Gasteiger partial charge in [-0.05, 0) is 6.92 Å². The molecule has 2 N–H and O–H groups in total. The molecule has 1 aliphatic carbocycles. The van der Waals surface area contributed by atoms with Crippen LogP contribution in [0.5, 0.6) is 0 Å². The van der Waals surface area contributed by atoms with Gasteiger partial charge in [-0.25, -0.2) is 0 Å². The number of hydrogen-bond acceptors (Lipinski definition) is 5. The zero-order valence-electron chi connectivity index (χ0n) is 8.37. The molecule has 0 unspecified atom stereocenters. The molecule has 0 atom stereocenters. The number of rotatable bonds is 0. The second kappa shape index (κ2) is 3.02. The Bertz CT molecular complexity index is 585. The van der Waals surface area contributed by atoms with Gasteiger partial charge in [0.05, 0.1) is 10.6 Å². The van der Waals surface area contributed by atoms with Gasteiger partial charge in [0.1, 0.15) is 0 Å². The second-order valence-corrected chi connectivity index (χ2v) is 5.63. The van der Waals surface area contributed by atoms with Crippen molar-refractivity contribution in [3.8, 4) is 0 Å². The number of ketones is 2. The van der Waals surface area contributed by atoms with E-state index in [1.54, 1.807) is 10.8 Å². The van der Waals surface area contributed by atoms with Crippen molar-refractivity contribution in [3.05, 3.63) is 37.9 Å². The molecular weight excluding hydrogens is 242 g/mol. The minimum atomic E-state index is -0.118. The fourth-order valence-corrected chi connectivity index (χ4v) is 3.71. The Hall–Kier alpha value is -1.46. The van der Waals surface area contributed by atoms with Crippen LogP contribution in [0.2, 0.25) is 0 Å². The number of nitrogen functional groups attached to an aromatic ring is 1. The fourth-order valence-electron chi connectivity index (χ4n) is 1.98. The summed E-state index contributed by atoms with van der Waals surface area (Å²) < 4.78 is 0. The highest BCUT2D eigenvalue weighted by Crippen LogP contribution is 2.39. The quantitative estimate of drug-likeness (QED) is 0.665. The lowest BCUT2D eigenvalue weighted by atomic mass is 9.88. The van der Waals surface area contributed by atoms with E-state index in [9.17, 15) is 9.59 Å². The van der Waals surface area contributed by atoms with Crippen LogP contribution in [0, 0.1) is 6.92 Å². The van der Waals surface area contributed by atoms with Gasteiger partial charge in [0, 0.05) is 32.3 Å². The number of aryl methyl sites for hydroxylation is 1. The summed E-state index contributed by atoms with van der Waals surface area (Å²) in [6.45, 7) is 1.82. The topological polar surface area (TPSA) is 60.2 Å². The van der Waals surface area contributed by atoms with Crippen LogP contribution < -0.4 is 5.73 Å². The molecule has 0 aromatic carbocycles. The maximum atomic E-state index is 12.2. The molecule has 0 amide bonds. The highest BCUT2D eigenvalue weighted by Gasteiger charge is 2.34. The number of hydrogen-bond donors (Lipinski definition) is 1. The molecule has 0 saturated carbocycles.